The summed E-state index contributed by atoms with van der Waals surface area (Å²) in [5.74, 6) is 1.66. The number of likely N-dealkylation sites (N-methyl/N-ethyl adjacent to an activating group) is 2. The van der Waals surface area contributed by atoms with Crippen LogP contribution in [-0.2, 0) is 0 Å². The molecular weight excluding hydrogens is 248 g/mol. The molecule has 0 aliphatic carbocycles. The number of rotatable bonds is 8. The Labute approximate surface area is 124 Å². The molecule has 0 saturated heterocycles. The van der Waals surface area contributed by atoms with Crippen LogP contribution in [0.3, 0.4) is 0 Å². The van der Waals surface area contributed by atoms with E-state index in [-0.39, 0.29) is 0 Å². The molecule has 3 nitrogen and oxygen atoms in total. The van der Waals surface area contributed by atoms with Crippen molar-refractivity contribution < 1.29 is 4.74 Å². The number of benzene rings is 1. The maximum absolute atomic E-state index is 5.22. The minimum Gasteiger partial charge on any atom is -0.497 e. The van der Waals surface area contributed by atoms with Crippen molar-refractivity contribution in [3.8, 4) is 5.75 Å². The standard InChI is InChI=1S/C17H30N2O/c1-13(2)11-12-19(5)14(3)17(18-4)15-7-9-16(20-6)10-8-15/h7-10,13-14,17-18H,11-12H2,1-6H3. The largest absolute Gasteiger partial charge is 0.497 e. The summed E-state index contributed by atoms with van der Waals surface area (Å²) in [7, 11) is 5.94. The number of hydrogen-bond donors (Lipinski definition) is 1. The molecule has 0 saturated carbocycles. The van der Waals surface area contributed by atoms with Crippen molar-refractivity contribution in [2.45, 2.75) is 39.3 Å². The molecule has 2 atom stereocenters. The van der Waals surface area contributed by atoms with Crippen LogP contribution in [-0.4, -0.2) is 38.7 Å². The van der Waals surface area contributed by atoms with Crippen LogP contribution >= 0.6 is 0 Å². The van der Waals surface area contributed by atoms with Crippen molar-refractivity contribution in [2.75, 3.05) is 27.7 Å². The number of nitrogens with one attached hydrogen (secondary N) is 1. The first-order chi connectivity index (χ1) is 9.49. The first-order valence-corrected chi connectivity index (χ1v) is 7.51. The average molecular weight is 278 g/mol. The summed E-state index contributed by atoms with van der Waals surface area (Å²) in [6.07, 6.45) is 1.24. The zero-order valence-electron chi connectivity index (χ0n) is 13.8. The number of methoxy groups -OCH3 is 1. The van der Waals surface area contributed by atoms with Crippen molar-refractivity contribution in [2.24, 2.45) is 5.92 Å². The Morgan fingerprint density at radius 3 is 2.20 bits per heavy atom. The highest BCUT2D eigenvalue weighted by Gasteiger charge is 2.21. The van der Waals surface area contributed by atoms with Gasteiger partial charge >= 0.3 is 0 Å². The van der Waals surface area contributed by atoms with Crippen molar-refractivity contribution in [3.05, 3.63) is 29.8 Å². The van der Waals surface area contributed by atoms with Gasteiger partial charge in [-0.2, -0.15) is 0 Å². The number of ether oxygens (including phenoxy) is 1. The second-order valence-corrected chi connectivity index (χ2v) is 5.94. The average Bonchev–Trinajstić information content (AvgIpc) is 2.46. The topological polar surface area (TPSA) is 24.5 Å². The van der Waals surface area contributed by atoms with Gasteiger partial charge in [-0.3, -0.25) is 0 Å². The molecule has 0 amide bonds. The monoisotopic (exact) mass is 278 g/mol. The van der Waals surface area contributed by atoms with E-state index < -0.39 is 0 Å². The van der Waals surface area contributed by atoms with Crippen LogP contribution in [0.15, 0.2) is 24.3 Å². The lowest BCUT2D eigenvalue weighted by Gasteiger charge is -2.32. The molecule has 1 N–H and O–H groups in total. The van der Waals surface area contributed by atoms with Crippen LogP contribution in [0.1, 0.15) is 38.8 Å². The Bertz CT molecular complexity index is 375. The number of nitrogens with zero attached hydrogens (tertiary/aromatic N) is 1. The molecule has 1 aromatic carbocycles. The third-order valence-electron chi connectivity index (χ3n) is 4.02. The molecule has 0 fully saturated rings. The summed E-state index contributed by atoms with van der Waals surface area (Å²) in [6.45, 7) is 7.97. The predicted molar refractivity (Wildman–Crippen MR) is 86.3 cm³/mol. The minimum absolute atomic E-state index is 0.332. The molecule has 0 heterocycles. The van der Waals surface area contributed by atoms with Gasteiger partial charge in [-0.05, 0) is 57.6 Å². The SMILES string of the molecule is CNC(c1ccc(OC)cc1)C(C)N(C)CCC(C)C. The lowest BCUT2D eigenvalue weighted by atomic mass is 9.99. The Kier molecular flexibility index (Phi) is 7.03. The van der Waals surface area contributed by atoms with E-state index in [1.807, 2.05) is 19.2 Å². The summed E-state index contributed by atoms with van der Waals surface area (Å²) >= 11 is 0. The maximum atomic E-state index is 5.22. The molecule has 1 aromatic rings. The summed E-state index contributed by atoms with van der Waals surface area (Å²) in [5.41, 5.74) is 1.30. The van der Waals surface area contributed by atoms with Crippen LogP contribution in [0.2, 0.25) is 0 Å². The van der Waals surface area contributed by atoms with E-state index >= 15 is 0 Å². The highest BCUT2D eigenvalue weighted by atomic mass is 16.5. The zero-order valence-corrected chi connectivity index (χ0v) is 13.8. The molecule has 0 aliphatic heterocycles. The Morgan fingerprint density at radius 2 is 1.75 bits per heavy atom. The quantitative estimate of drug-likeness (QED) is 0.789. The van der Waals surface area contributed by atoms with E-state index in [9.17, 15) is 0 Å². The van der Waals surface area contributed by atoms with Crippen molar-refractivity contribution in [1.29, 1.82) is 0 Å². The predicted octanol–water partition coefficient (Wildman–Crippen LogP) is 3.32. The van der Waals surface area contributed by atoms with Gasteiger partial charge in [0.2, 0.25) is 0 Å². The van der Waals surface area contributed by atoms with Crippen molar-refractivity contribution in [3.63, 3.8) is 0 Å². The van der Waals surface area contributed by atoms with E-state index in [1.165, 1.54) is 12.0 Å². The van der Waals surface area contributed by atoms with Gasteiger partial charge in [0.1, 0.15) is 5.75 Å². The van der Waals surface area contributed by atoms with Crippen LogP contribution in [0.4, 0.5) is 0 Å². The van der Waals surface area contributed by atoms with Gasteiger partial charge in [-0.25, -0.2) is 0 Å². The highest BCUT2D eigenvalue weighted by molar-refractivity contribution is 5.29. The molecule has 114 valence electrons. The van der Waals surface area contributed by atoms with Gasteiger partial charge in [0.15, 0.2) is 0 Å². The zero-order chi connectivity index (χ0) is 15.1. The van der Waals surface area contributed by atoms with Gasteiger partial charge in [0, 0.05) is 12.1 Å². The maximum Gasteiger partial charge on any atom is 0.118 e. The lowest BCUT2D eigenvalue weighted by Crippen LogP contribution is -2.40. The Hall–Kier alpha value is -1.06. The first-order valence-electron chi connectivity index (χ1n) is 7.51. The van der Waals surface area contributed by atoms with Crippen LogP contribution in [0, 0.1) is 5.92 Å². The van der Waals surface area contributed by atoms with E-state index in [4.69, 9.17) is 4.74 Å². The molecule has 0 aliphatic rings. The molecule has 0 bridgehead atoms. The minimum atomic E-state index is 0.332. The van der Waals surface area contributed by atoms with Crippen LogP contribution in [0.25, 0.3) is 0 Å². The Balaban J connectivity index is 2.72. The van der Waals surface area contributed by atoms with Gasteiger partial charge < -0.3 is 15.0 Å². The van der Waals surface area contributed by atoms with E-state index in [1.54, 1.807) is 7.11 Å². The van der Waals surface area contributed by atoms with Gasteiger partial charge in [0.05, 0.1) is 7.11 Å². The van der Waals surface area contributed by atoms with Crippen LogP contribution < -0.4 is 10.1 Å². The smallest absolute Gasteiger partial charge is 0.118 e. The molecule has 3 heteroatoms. The van der Waals surface area contributed by atoms with Gasteiger partial charge in [-0.1, -0.05) is 26.0 Å². The molecular formula is C17H30N2O. The fraction of sp³-hybridized carbons (Fsp3) is 0.647. The molecule has 0 radical (unpaired) electrons. The fourth-order valence-corrected chi connectivity index (χ4v) is 2.42. The molecule has 20 heavy (non-hydrogen) atoms. The summed E-state index contributed by atoms with van der Waals surface area (Å²) in [6, 6.07) is 9.13. The highest BCUT2D eigenvalue weighted by Crippen LogP contribution is 2.23. The number of hydrogen-bond acceptors (Lipinski definition) is 3. The van der Waals surface area contributed by atoms with Crippen molar-refractivity contribution >= 4 is 0 Å². The van der Waals surface area contributed by atoms with E-state index in [0.717, 1.165) is 18.2 Å². The molecule has 0 aromatic heterocycles. The lowest BCUT2D eigenvalue weighted by molar-refractivity contribution is 0.202. The van der Waals surface area contributed by atoms with Crippen LogP contribution in [0.5, 0.6) is 5.75 Å². The second kappa shape index (κ2) is 8.28. The normalized spacial score (nSPS) is 14.6. The third kappa shape index (κ3) is 4.80. The molecule has 0 spiro atoms. The molecule has 2 unspecified atom stereocenters. The van der Waals surface area contributed by atoms with E-state index in [2.05, 4.69) is 50.2 Å². The van der Waals surface area contributed by atoms with Gasteiger partial charge in [-0.15, -0.1) is 0 Å². The summed E-state index contributed by atoms with van der Waals surface area (Å²) < 4.78 is 5.22. The first kappa shape index (κ1) is 17.0. The van der Waals surface area contributed by atoms with Crippen molar-refractivity contribution in [1.82, 2.24) is 10.2 Å². The molecule has 1 rings (SSSR count). The van der Waals surface area contributed by atoms with Gasteiger partial charge in [0.25, 0.3) is 0 Å². The van der Waals surface area contributed by atoms with E-state index in [0.29, 0.717) is 12.1 Å². The second-order valence-electron chi connectivity index (χ2n) is 5.94. The fourth-order valence-electron chi connectivity index (χ4n) is 2.42. The summed E-state index contributed by atoms with van der Waals surface area (Å²) in [4.78, 5) is 2.44. The Morgan fingerprint density at radius 1 is 1.15 bits per heavy atom. The summed E-state index contributed by atoms with van der Waals surface area (Å²) in [5, 5.41) is 3.44. The third-order valence-corrected chi connectivity index (χ3v) is 4.02.